The average Bonchev–Trinajstić information content (AvgIpc) is 1.89. The van der Waals surface area contributed by atoms with E-state index in [-0.39, 0.29) is 0 Å². The SMILES string of the molecule is C=N/C=C\C=C(/C)N=[N+]=[N-]. The molecule has 4 nitrogen and oxygen atoms in total. The lowest BCUT2D eigenvalue weighted by molar-refractivity contribution is 1.27. The first kappa shape index (κ1) is 8.46. The molecule has 0 bridgehead atoms. The Balaban J connectivity index is 4.03. The standard InChI is InChI=1S/C6H8N4/c1-6(9-10-7)4-3-5-8-2/h3-5H,2H2,1H3/b5-3-,6-4+. The van der Waals surface area contributed by atoms with Crippen LogP contribution >= 0.6 is 0 Å². The summed E-state index contributed by atoms with van der Waals surface area (Å²) >= 11 is 0. The Bertz CT molecular complexity index is 208. The Labute approximate surface area is 59.2 Å². The van der Waals surface area contributed by atoms with Crippen LogP contribution in [0.25, 0.3) is 10.4 Å². The lowest BCUT2D eigenvalue weighted by Gasteiger charge is -1.80. The normalized spacial score (nSPS) is 11.1. The molecule has 0 aromatic carbocycles. The number of hydrogen-bond donors (Lipinski definition) is 0. The van der Waals surface area contributed by atoms with E-state index >= 15 is 0 Å². The molecule has 52 valence electrons. The molecule has 0 aromatic rings. The van der Waals surface area contributed by atoms with Crippen LogP contribution in [0, 0.1) is 0 Å². The fourth-order valence-corrected chi connectivity index (χ4v) is 0.347. The third-order valence-electron chi connectivity index (χ3n) is 0.731. The predicted molar refractivity (Wildman–Crippen MR) is 41.6 cm³/mol. The van der Waals surface area contributed by atoms with E-state index in [1.165, 1.54) is 6.20 Å². The molecule has 0 saturated heterocycles. The summed E-state index contributed by atoms with van der Waals surface area (Å²) in [6, 6.07) is 0. The largest absolute Gasteiger partial charge is 0.273 e. The van der Waals surface area contributed by atoms with Crippen molar-refractivity contribution in [1.82, 2.24) is 0 Å². The summed E-state index contributed by atoms with van der Waals surface area (Å²) in [4.78, 5) is 6.05. The summed E-state index contributed by atoms with van der Waals surface area (Å²) in [5.74, 6) is 0. The molecule has 0 aromatic heterocycles. The van der Waals surface area contributed by atoms with E-state index in [1.54, 1.807) is 19.1 Å². The Morgan fingerprint density at radius 1 is 1.70 bits per heavy atom. The van der Waals surface area contributed by atoms with E-state index in [4.69, 9.17) is 5.53 Å². The number of aliphatic imine (C=N–C) groups is 1. The quantitative estimate of drug-likeness (QED) is 0.188. The van der Waals surface area contributed by atoms with E-state index < -0.39 is 0 Å². The van der Waals surface area contributed by atoms with Gasteiger partial charge in [0.05, 0.1) is 0 Å². The maximum Gasteiger partial charge on any atom is 0.0260 e. The average molecular weight is 136 g/mol. The van der Waals surface area contributed by atoms with Gasteiger partial charge in [-0.25, -0.2) is 0 Å². The smallest absolute Gasteiger partial charge is 0.0260 e. The van der Waals surface area contributed by atoms with Gasteiger partial charge in [-0.1, -0.05) is 11.2 Å². The molecule has 0 radical (unpaired) electrons. The van der Waals surface area contributed by atoms with Crippen molar-refractivity contribution in [3.05, 3.63) is 34.5 Å². The van der Waals surface area contributed by atoms with Crippen molar-refractivity contribution in [2.24, 2.45) is 10.1 Å². The van der Waals surface area contributed by atoms with E-state index in [0.717, 1.165) is 0 Å². The van der Waals surface area contributed by atoms with Crippen LogP contribution in [0.3, 0.4) is 0 Å². The molecule has 0 aliphatic carbocycles. The van der Waals surface area contributed by atoms with Crippen LogP contribution in [0.4, 0.5) is 0 Å². The van der Waals surface area contributed by atoms with Crippen molar-refractivity contribution >= 4 is 6.72 Å². The van der Waals surface area contributed by atoms with Crippen LogP contribution in [-0.2, 0) is 0 Å². The summed E-state index contributed by atoms with van der Waals surface area (Å²) in [6.07, 6.45) is 4.81. The highest BCUT2D eigenvalue weighted by atomic mass is 15.1. The Hall–Kier alpha value is -1.54. The van der Waals surface area contributed by atoms with E-state index in [0.29, 0.717) is 5.70 Å². The van der Waals surface area contributed by atoms with Gasteiger partial charge in [-0.2, -0.15) is 0 Å². The van der Waals surface area contributed by atoms with Gasteiger partial charge in [-0.15, -0.1) is 0 Å². The fraction of sp³-hybridized carbons (Fsp3) is 0.167. The molecule has 0 atom stereocenters. The van der Waals surface area contributed by atoms with Crippen LogP contribution in [0.15, 0.2) is 34.2 Å². The van der Waals surface area contributed by atoms with Crippen molar-refractivity contribution < 1.29 is 0 Å². The topological polar surface area (TPSA) is 61.1 Å². The minimum absolute atomic E-state index is 0.599. The van der Waals surface area contributed by atoms with Crippen LogP contribution in [-0.4, -0.2) is 6.72 Å². The van der Waals surface area contributed by atoms with E-state index in [2.05, 4.69) is 21.7 Å². The maximum absolute atomic E-state index is 7.95. The van der Waals surface area contributed by atoms with Crippen LogP contribution in [0.2, 0.25) is 0 Å². The van der Waals surface area contributed by atoms with Crippen molar-refractivity contribution in [2.45, 2.75) is 6.92 Å². The highest BCUT2D eigenvalue weighted by Crippen LogP contribution is 1.94. The monoisotopic (exact) mass is 136 g/mol. The molecule has 0 unspecified atom stereocenters. The summed E-state index contributed by atoms with van der Waals surface area (Å²) < 4.78 is 0. The first-order valence-corrected chi connectivity index (χ1v) is 2.65. The second-order valence-corrected chi connectivity index (χ2v) is 1.52. The second kappa shape index (κ2) is 5.59. The lowest BCUT2D eigenvalue weighted by Crippen LogP contribution is -1.60. The molecule has 0 amide bonds. The second-order valence-electron chi connectivity index (χ2n) is 1.52. The zero-order chi connectivity index (χ0) is 7.82. The zero-order valence-electron chi connectivity index (χ0n) is 5.73. The maximum atomic E-state index is 7.95. The van der Waals surface area contributed by atoms with Gasteiger partial charge >= 0.3 is 0 Å². The van der Waals surface area contributed by atoms with Crippen molar-refractivity contribution in [2.75, 3.05) is 0 Å². The number of azide groups is 1. The third kappa shape index (κ3) is 4.61. The van der Waals surface area contributed by atoms with Gasteiger partial charge in [0.25, 0.3) is 0 Å². The molecule has 0 saturated carbocycles. The summed E-state index contributed by atoms with van der Waals surface area (Å²) in [5, 5.41) is 3.32. The van der Waals surface area contributed by atoms with Gasteiger partial charge in [-0.05, 0) is 25.2 Å². The van der Waals surface area contributed by atoms with Gasteiger partial charge in [-0.3, -0.25) is 4.99 Å². The van der Waals surface area contributed by atoms with E-state index in [9.17, 15) is 0 Å². The molecule has 0 fully saturated rings. The van der Waals surface area contributed by atoms with Crippen LogP contribution in [0.5, 0.6) is 0 Å². The molecule has 0 aliphatic rings. The third-order valence-corrected chi connectivity index (χ3v) is 0.731. The van der Waals surface area contributed by atoms with Crippen molar-refractivity contribution in [1.29, 1.82) is 0 Å². The predicted octanol–water partition coefficient (Wildman–Crippen LogP) is 2.41. The molecule has 0 rings (SSSR count). The van der Waals surface area contributed by atoms with Crippen LogP contribution < -0.4 is 0 Å². The van der Waals surface area contributed by atoms with Crippen molar-refractivity contribution in [3.8, 4) is 0 Å². The molecule has 0 aliphatic heterocycles. The molecular formula is C6H8N4. The summed E-state index contributed by atoms with van der Waals surface area (Å²) in [5.41, 5.74) is 8.55. The van der Waals surface area contributed by atoms with Gasteiger partial charge in [0.2, 0.25) is 0 Å². The number of allylic oxidation sites excluding steroid dienone is 3. The summed E-state index contributed by atoms with van der Waals surface area (Å²) in [6.45, 7) is 4.94. The minimum Gasteiger partial charge on any atom is -0.273 e. The van der Waals surface area contributed by atoms with Gasteiger partial charge < -0.3 is 0 Å². The minimum atomic E-state index is 0.599. The Morgan fingerprint density at radius 2 is 2.40 bits per heavy atom. The number of hydrogen-bond acceptors (Lipinski definition) is 2. The molecule has 0 spiro atoms. The van der Waals surface area contributed by atoms with E-state index in [1.807, 2.05) is 0 Å². The molecule has 10 heavy (non-hydrogen) atoms. The molecule has 4 heteroatoms. The Kier molecular flexibility index (Phi) is 4.73. The van der Waals surface area contributed by atoms with Gasteiger partial charge in [0.1, 0.15) is 0 Å². The van der Waals surface area contributed by atoms with Gasteiger partial charge in [0.15, 0.2) is 0 Å². The first-order valence-electron chi connectivity index (χ1n) is 2.65. The van der Waals surface area contributed by atoms with Crippen LogP contribution in [0.1, 0.15) is 6.92 Å². The van der Waals surface area contributed by atoms with Gasteiger partial charge in [0, 0.05) is 16.8 Å². The first-order chi connectivity index (χ1) is 4.81. The Morgan fingerprint density at radius 3 is 2.90 bits per heavy atom. The zero-order valence-corrected chi connectivity index (χ0v) is 5.73. The van der Waals surface area contributed by atoms with Crippen molar-refractivity contribution in [3.63, 3.8) is 0 Å². The molecule has 0 heterocycles. The highest BCUT2D eigenvalue weighted by Gasteiger charge is 1.74. The lowest BCUT2D eigenvalue weighted by atomic mass is 10.4. The summed E-state index contributed by atoms with van der Waals surface area (Å²) in [7, 11) is 0. The highest BCUT2D eigenvalue weighted by molar-refractivity contribution is 5.26. The fourth-order valence-electron chi connectivity index (χ4n) is 0.347. The molecular weight excluding hydrogens is 128 g/mol. The number of rotatable bonds is 3. The number of nitrogens with zero attached hydrogens (tertiary/aromatic N) is 4. The molecule has 0 N–H and O–H groups in total.